The minimum Gasteiger partial charge on any atom is -0.479 e. The Morgan fingerprint density at radius 3 is 2.65 bits per heavy atom. The van der Waals surface area contributed by atoms with Crippen LogP contribution in [-0.4, -0.2) is 17.0 Å². The number of amides is 1. The third-order valence-corrected chi connectivity index (χ3v) is 4.35. The van der Waals surface area contributed by atoms with Gasteiger partial charge in [0.15, 0.2) is 6.04 Å². The largest absolute Gasteiger partial charge is 0.479 e. The normalized spacial score (nSPS) is 11.9. The maximum Gasteiger partial charge on any atom is 0.331 e. The van der Waals surface area contributed by atoms with Gasteiger partial charge in [0.25, 0.3) is 5.91 Å². The lowest BCUT2D eigenvalue weighted by atomic mass is 10.2. The fourth-order valence-corrected chi connectivity index (χ4v) is 3.22. The van der Waals surface area contributed by atoms with Crippen LogP contribution in [0, 0.1) is 0 Å². The molecule has 0 saturated heterocycles. The lowest BCUT2D eigenvalue weighted by Gasteiger charge is -2.13. The molecule has 0 aliphatic rings. The second kappa shape index (κ2) is 6.39. The summed E-state index contributed by atoms with van der Waals surface area (Å²) < 4.78 is 0.512. The molecular weight excluding hydrogens is 366 g/mol. The zero-order chi connectivity index (χ0) is 14.7. The first kappa shape index (κ1) is 15.0. The van der Waals surface area contributed by atoms with E-state index in [1.54, 1.807) is 29.6 Å². The van der Waals surface area contributed by atoms with E-state index in [4.69, 9.17) is 11.6 Å². The highest BCUT2D eigenvalue weighted by molar-refractivity contribution is 9.10. The Morgan fingerprint density at radius 2 is 2.10 bits per heavy atom. The molecule has 104 valence electrons. The number of thiophene rings is 1. The SMILES string of the molecule is O=C(NC(C(=O)O)c1cccs1)c1ccc(Cl)cc1Br. The van der Waals surface area contributed by atoms with E-state index < -0.39 is 17.9 Å². The molecule has 2 rings (SSSR count). The standard InChI is InChI=1S/C13H9BrClNO3S/c14-9-6-7(15)3-4-8(9)12(17)16-11(13(18)19)10-2-1-5-20-10/h1-6,11H,(H,16,17)(H,18,19). The molecule has 0 spiro atoms. The lowest BCUT2D eigenvalue weighted by molar-refractivity contribution is -0.139. The quantitative estimate of drug-likeness (QED) is 0.857. The molecule has 1 unspecified atom stereocenters. The lowest BCUT2D eigenvalue weighted by Crippen LogP contribution is -2.33. The third-order valence-electron chi connectivity index (χ3n) is 2.53. The van der Waals surface area contributed by atoms with Crippen molar-refractivity contribution in [2.45, 2.75) is 6.04 Å². The number of halogens is 2. The number of carboxylic acids is 1. The van der Waals surface area contributed by atoms with Gasteiger partial charge in [-0.2, -0.15) is 0 Å². The van der Waals surface area contributed by atoms with Crippen LogP contribution in [0.15, 0.2) is 40.2 Å². The van der Waals surface area contributed by atoms with Crippen LogP contribution in [0.4, 0.5) is 0 Å². The monoisotopic (exact) mass is 373 g/mol. The molecule has 1 aromatic heterocycles. The molecule has 0 aliphatic heterocycles. The van der Waals surface area contributed by atoms with Crippen molar-refractivity contribution in [2.24, 2.45) is 0 Å². The Labute approximate surface area is 132 Å². The second-order valence-corrected chi connectivity index (χ2v) is 6.15. The van der Waals surface area contributed by atoms with Gasteiger partial charge in [0.1, 0.15) is 0 Å². The Balaban J connectivity index is 2.23. The number of carbonyl (C=O) groups excluding carboxylic acids is 1. The van der Waals surface area contributed by atoms with Crippen LogP contribution in [0.25, 0.3) is 0 Å². The van der Waals surface area contributed by atoms with Gasteiger partial charge in [-0.25, -0.2) is 4.79 Å². The van der Waals surface area contributed by atoms with Crippen molar-refractivity contribution >= 4 is 50.7 Å². The second-order valence-electron chi connectivity index (χ2n) is 3.88. The van der Waals surface area contributed by atoms with Crippen molar-refractivity contribution < 1.29 is 14.7 Å². The summed E-state index contributed by atoms with van der Waals surface area (Å²) in [6.07, 6.45) is 0. The first-order valence-corrected chi connectivity index (χ1v) is 7.56. The van der Waals surface area contributed by atoms with Crippen molar-refractivity contribution in [3.8, 4) is 0 Å². The van der Waals surface area contributed by atoms with Gasteiger partial charge in [-0.15, -0.1) is 11.3 Å². The fourth-order valence-electron chi connectivity index (χ4n) is 1.59. The molecule has 4 nitrogen and oxygen atoms in total. The van der Waals surface area contributed by atoms with Crippen LogP contribution < -0.4 is 5.32 Å². The number of carboxylic acid groups (broad SMARTS) is 1. The smallest absolute Gasteiger partial charge is 0.331 e. The summed E-state index contributed by atoms with van der Waals surface area (Å²) in [6, 6.07) is 7.03. The van der Waals surface area contributed by atoms with E-state index in [9.17, 15) is 14.7 Å². The minimum atomic E-state index is -1.11. The molecule has 20 heavy (non-hydrogen) atoms. The summed E-state index contributed by atoms with van der Waals surface area (Å²) in [5, 5.41) is 14.0. The molecular formula is C13H9BrClNO3S. The van der Waals surface area contributed by atoms with Gasteiger partial charge in [0, 0.05) is 14.4 Å². The predicted molar refractivity (Wildman–Crippen MR) is 81.3 cm³/mol. The van der Waals surface area contributed by atoms with Crippen LogP contribution in [0.5, 0.6) is 0 Å². The number of rotatable bonds is 4. The molecule has 0 saturated carbocycles. The zero-order valence-corrected chi connectivity index (χ0v) is 13.1. The van der Waals surface area contributed by atoms with Gasteiger partial charge in [-0.05, 0) is 45.6 Å². The van der Waals surface area contributed by atoms with E-state index >= 15 is 0 Å². The topological polar surface area (TPSA) is 66.4 Å². The molecule has 0 aliphatic carbocycles. The van der Waals surface area contributed by atoms with E-state index in [-0.39, 0.29) is 0 Å². The van der Waals surface area contributed by atoms with Gasteiger partial charge in [-0.1, -0.05) is 17.7 Å². The highest BCUT2D eigenvalue weighted by Gasteiger charge is 2.24. The fraction of sp³-hybridized carbons (Fsp3) is 0.0769. The molecule has 1 aromatic carbocycles. The minimum absolute atomic E-state index is 0.331. The van der Waals surface area contributed by atoms with E-state index in [2.05, 4.69) is 21.2 Å². The van der Waals surface area contributed by atoms with Crippen LogP contribution in [0.2, 0.25) is 5.02 Å². The predicted octanol–water partition coefficient (Wildman–Crippen LogP) is 3.72. The summed E-state index contributed by atoms with van der Waals surface area (Å²) >= 11 is 10.3. The Morgan fingerprint density at radius 1 is 1.35 bits per heavy atom. The van der Waals surface area contributed by atoms with E-state index in [0.717, 1.165) is 0 Å². The van der Waals surface area contributed by atoms with Crippen molar-refractivity contribution in [3.63, 3.8) is 0 Å². The first-order chi connectivity index (χ1) is 9.49. The number of carbonyl (C=O) groups is 2. The Kier molecular flexibility index (Phi) is 4.80. The van der Waals surface area contributed by atoms with Crippen LogP contribution in [0.1, 0.15) is 21.3 Å². The Hall–Kier alpha value is -1.37. The first-order valence-electron chi connectivity index (χ1n) is 5.51. The number of aliphatic carboxylic acids is 1. The average Bonchev–Trinajstić information content (AvgIpc) is 2.88. The number of benzene rings is 1. The van der Waals surface area contributed by atoms with E-state index in [1.165, 1.54) is 17.4 Å². The third kappa shape index (κ3) is 3.39. The maximum atomic E-state index is 12.1. The highest BCUT2D eigenvalue weighted by atomic mass is 79.9. The van der Waals surface area contributed by atoms with Crippen molar-refractivity contribution in [1.82, 2.24) is 5.32 Å². The Bertz CT molecular complexity index is 645. The van der Waals surface area contributed by atoms with Crippen LogP contribution in [0.3, 0.4) is 0 Å². The van der Waals surface area contributed by atoms with Gasteiger partial charge in [-0.3, -0.25) is 4.79 Å². The number of nitrogens with one attached hydrogen (secondary N) is 1. The molecule has 1 atom stereocenters. The average molecular weight is 375 g/mol. The molecule has 2 aromatic rings. The van der Waals surface area contributed by atoms with Crippen LogP contribution >= 0.6 is 38.9 Å². The molecule has 2 N–H and O–H groups in total. The molecule has 0 radical (unpaired) electrons. The summed E-state index contributed by atoms with van der Waals surface area (Å²) in [4.78, 5) is 24.0. The van der Waals surface area contributed by atoms with E-state index in [1.807, 2.05) is 0 Å². The molecule has 1 heterocycles. The van der Waals surface area contributed by atoms with Crippen LogP contribution in [-0.2, 0) is 4.79 Å². The van der Waals surface area contributed by atoms with Crippen molar-refractivity contribution in [1.29, 1.82) is 0 Å². The van der Waals surface area contributed by atoms with Crippen molar-refractivity contribution in [3.05, 3.63) is 55.6 Å². The summed E-state index contributed by atoms with van der Waals surface area (Å²) in [6.45, 7) is 0. The van der Waals surface area contributed by atoms with Crippen molar-refractivity contribution in [2.75, 3.05) is 0 Å². The summed E-state index contributed by atoms with van der Waals surface area (Å²) in [7, 11) is 0. The molecule has 1 amide bonds. The summed E-state index contributed by atoms with van der Waals surface area (Å²) in [5.41, 5.74) is 0.331. The van der Waals surface area contributed by atoms with E-state index in [0.29, 0.717) is 19.9 Å². The molecule has 7 heteroatoms. The number of hydrogen-bond donors (Lipinski definition) is 2. The summed E-state index contributed by atoms with van der Waals surface area (Å²) in [5.74, 6) is -1.58. The molecule has 0 bridgehead atoms. The zero-order valence-electron chi connectivity index (χ0n) is 9.97. The van der Waals surface area contributed by atoms with Gasteiger partial charge < -0.3 is 10.4 Å². The van der Waals surface area contributed by atoms with Gasteiger partial charge in [0.2, 0.25) is 0 Å². The van der Waals surface area contributed by atoms with Gasteiger partial charge in [0.05, 0.1) is 5.56 Å². The van der Waals surface area contributed by atoms with Gasteiger partial charge >= 0.3 is 5.97 Å². The highest BCUT2D eigenvalue weighted by Crippen LogP contribution is 2.24. The number of hydrogen-bond acceptors (Lipinski definition) is 3. The molecule has 0 fully saturated rings. The maximum absolute atomic E-state index is 12.1.